The van der Waals surface area contributed by atoms with Crippen molar-refractivity contribution < 1.29 is 42.9 Å². The van der Waals surface area contributed by atoms with Gasteiger partial charge in [0.05, 0.1) is 34.4 Å². The van der Waals surface area contributed by atoms with Gasteiger partial charge in [0.15, 0.2) is 6.10 Å². The lowest BCUT2D eigenvalue weighted by Gasteiger charge is -2.25. The van der Waals surface area contributed by atoms with Crippen molar-refractivity contribution in [3.63, 3.8) is 0 Å². The zero-order chi connectivity index (χ0) is 57.6. The van der Waals surface area contributed by atoms with Crippen molar-refractivity contribution in [2.75, 3.05) is 47.5 Å². The summed E-state index contributed by atoms with van der Waals surface area (Å²) in [6.45, 7) is 4.97. The van der Waals surface area contributed by atoms with Crippen LogP contribution >= 0.6 is 0 Å². The number of likely N-dealkylation sites (N-methyl/N-ethyl adjacent to an activating group) is 1. The van der Waals surface area contributed by atoms with Crippen molar-refractivity contribution in [1.29, 1.82) is 0 Å². The van der Waals surface area contributed by atoms with Crippen LogP contribution in [0.1, 0.15) is 373 Å². The molecule has 0 spiro atoms. The second-order valence-corrected chi connectivity index (χ2v) is 25.6. The monoisotopic (exact) mass is 1120 g/mol. The maximum atomic E-state index is 12.9. The molecule has 0 saturated heterocycles. The standard InChI is InChI=1S/C70H137NO8/c1-6-8-10-12-14-16-18-20-22-24-26-28-30-32-33-34-35-37-39-41-43-45-47-49-51-53-55-57-59-61-68(73)79-66(65-78-70(69(74)75)76-63-62-71(3,4)5)64-77-67(72)60-58-56-54-52-50-48-46-44-42-40-38-36-31-29-27-25-23-21-19-17-15-13-11-9-7-2/h66,70H,6-65H2,1-5H3/p+1. The summed E-state index contributed by atoms with van der Waals surface area (Å²) in [5.74, 6) is -1.96. The minimum absolute atomic E-state index is 0.172. The third kappa shape index (κ3) is 63.7. The number of esters is 2. The van der Waals surface area contributed by atoms with Gasteiger partial charge < -0.3 is 28.5 Å². The second-order valence-electron chi connectivity index (χ2n) is 25.6. The fraction of sp³-hybridized carbons (Fsp3) is 0.957. The normalized spacial score (nSPS) is 12.6. The van der Waals surface area contributed by atoms with Gasteiger partial charge in [0.25, 0.3) is 6.29 Å². The molecule has 0 aliphatic rings. The smallest absolute Gasteiger partial charge is 0.361 e. The predicted molar refractivity (Wildman–Crippen MR) is 337 cm³/mol. The van der Waals surface area contributed by atoms with Crippen LogP contribution in [0.2, 0.25) is 0 Å². The molecule has 9 heteroatoms. The fourth-order valence-corrected chi connectivity index (χ4v) is 11.0. The first-order valence-corrected chi connectivity index (χ1v) is 35.2. The average molecular weight is 1120 g/mol. The van der Waals surface area contributed by atoms with Gasteiger partial charge in [0.1, 0.15) is 13.2 Å². The van der Waals surface area contributed by atoms with Crippen molar-refractivity contribution in [1.82, 2.24) is 0 Å². The first-order valence-electron chi connectivity index (χ1n) is 35.2. The Morgan fingerprint density at radius 3 is 0.810 bits per heavy atom. The molecule has 79 heavy (non-hydrogen) atoms. The molecule has 0 saturated carbocycles. The van der Waals surface area contributed by atoms with E-state index >= 15 is 0 Å². The summed E-state index contributed by atoms with van der Waals surface area (Å²) < 4.78 is 23.0. The predicted octanol–water partition coefficient (Wildman–Crippen LogP) is 21.5. The van der Waals surface area contributed by atoms with E-state index in [9.17, 15) is 19.5 Å². The van der Waals surface area contributed by atoms with Crippen LogP contribution in [0.5, 0.6) is 0 Å². The molecule has 0 aromatic heterocycles. The number of ether oxygens (including phenoxy) is 4. The molecule has 2 atom stereocenters. The molecular weight excluding hydrogens is 983 g/mol. The van der Waals surface area contributed by atoms with Crippen molar-refractivity contribution in [2.24, 2.45) is 0 Å². The number of rotatable bonds is 67. The van der Waals surface area contributed by atoms with Gasteiger partial charge in [-0.05, 0) is 12.8 Å². The van der Waals surface area contributed by atoms with Crippen LogP contribution in [-0.2, 0) is 33.3 Å². The Morgan fingerprint density at radius 1 is 0.329 bits per heavy atom. The second kappa shape index (κ2) is 62.3. The summed E-state index contributed by atoms with van der Waals surface area (Å²) in [4.78, 5) is 37.6. The first kappa shape index (κ1) is 77.3. The number of carbonyl (C=O) groups excluding carboxylic acids is 2. The number of quaternary nitrogens is 1. The highest BCUT2D eigenvalue weighted by molar-refractivity contribution is 5.71. The Balaban J connectivity index is 4.04. The fourth-order valence-electron chi connectivity index (χ4n) is 11.0. The largest absolute Gasteiger partial charge is 0.477 e. The molecule has 470 valence electrons. The van der Waals surface area contributed by atoms with E-state index in [0.717, 1.165) is 38.5 Å². The zero-order valence-electron chi connectivity index (χ0n) is 53.8. The molecule has 0 bridgehead atoms. The van der Waals surface area contributed by atoms with Crippen LogP contribution < -0.4 is 0 Å². The van der Waals surface area contributed by atoms with Crippen LogP contribution in [-0.4, -0.2) is 87.4 Å². The van der Waals surface area contributed by atoms with Gasteiger partial charge in [0, 0.05) is 12.8 Å². The summed E-state index contributed by atoms with van der Waals surface area (Å²) >= 11 is 0. The highest BCUT2D eigenvalue weighted by atomic mass is 16.7. The molecule has 9 nitrogen and oxygen atoms in total. The van der Waals surface area contributed by atoms with Crippen LogP contribution in [0.4, 0.5) is 0 Å². The number of aliphatic carboxylic acids is 1. The molecule has 0 amide bonds. The summed E-state index contributed by atoms with van der Waals surface area (Å²) in [6.07, 6.45) is 70.8. The molecule has 0 rings (SSSR count). The van der Waals surface area contributed by atoms with Gasteiger partial charge in [-0.1, -0.05) is 348 Å². The maximum absolute atomic E-state index is 12.9. The third-order valence-corrected chi connectivity index (χ3v) is 16.4. The highest BCUT2D eigenvalue weighted by Gasteiger charge is 2.25. The number of unbranched alkanes of at least 4 members (excludes halogenated alkanes) is 52. The van der Waals surface area contributed by atoms with Crippen LogP contribution in [0.3, 0.4) is 0 Å². The number of carbonyl (C=O) groups is 3. The molecule has 1 N–H and O–H groups in total. The molecule has 0 fully saturated rings. The Bertz CT molecular complexity index is 1260. The van der Waals surface area contributed by atoms with E-state index < -0.39 is 18.4 Å². The minimum Gasteiger partial charge on any atom is -0.477 e. The lowest BCUT2D eigenvalue weighted by atomic mass is 10.0. The Hall–Kier alpha value is -1.71. The van der Waals surface area contributed by atoms with E-state index in [0.29, 0.717) is 17.4 Å². The third-order valence-electron chi connectivity index (χ3n) is 16.4. The number of carboxylic acid groups (broad SMARTS) is 1. The molecule has 0 radical (unpaired) electrons. The molecular formula is C70H138NO8+. The van der Waals surface area contributed by atoms with Crippen molar-refractivity contribution in [3.8, 4) is 0 Å². The van der Waals surface area contributed by atoms with E-state index in [1.165, 1.54) is 308 Å². The van der Waals surface area contributed by atoms with Gasteiger partial charge in [-0.25, -0.2) is 4.79 Å². The van der Waals surface area contributed by atoms with E-state index in [4.69, 9.17) is 18.9 Å². The zero-order valence-corrected chi connectivity index (χ0v) is 53.8. The van der Waals surface area contributed by atoms with Crippen LogP contribution in [0, 0.1) is 0 Å². The molecule has 2 unspecified atom stereocenters. The van der Waals surface area contributed by atoms with E-state index in [1.807, 2.05) is 21.1 Å². The van der Waals surface area contributed by atoms with Crippen LogP contribution in [0.15, 0.2) is 0 Å². The van der Waals surface area contributed by atoms with Crippen LogP contribution in [0.25, 0.3) is 0 Å². The summed E-state index contributed by atoms with van der Waals surface area (Å²) in [7, 11) is 6.00. The topological polar surface area (TPSA) is 108 Å². The number of hydrogen-bond acceptors (Lipinski definition) is 7. The van der Waals surface area contributed by atoms with Gasteiger partial charge in [-0.2, -0.15) is 0 Å². The van der Waals surface area contributed by atoms with Gasteiger partial charge in [-0.15, -0.1) is 0 Å². The quantitative estimate of drug-likeness (QED) is 0.0278. The Kier molecular flexibility index (Phi) is 61.0. The van der Waals surface area contributed by atoms with Gasteiger partial charge >= 0.3 is 17.9 Å². The summed E-state index contributed by atoms with van der Waals surface area (Å²) in [5.41, 5.74) is 0. The lowest BCUT2D eigenvalue weighted by Crippen LogP contribution is -2.40. The van der Waals surface area contributed by atoms with Gasteiger partial charge in [0.2, 0.25) is 0 Å². The highest BCUT2D eigenvalue weighted by Crippen LogP contribution is 2.20. The first-order chi connectivity index (χ1) is 38.6. The SMILES string of the molecule is CCCCCCCCCCCCCCCCCCCCCCCCCCCCCCCC(=O)OC(COC(=O)CCCCCCCCCCCCCCCCCCCCCCCCCCC)COC(OCC[N+](C)(C)C)C(=O)O. The van der Waals surface area contributed by atoms with Crippen molar-refractivity contribution >= 4 is 17.9 Å². The average Bonchev–Trinajstić information content (AvgIpc) is 3.42. The Labute approximate surface area is 492 Å². The molecule has 0 aromatic carbocycles. The summed E-state index contributed by atoms with van der Waals surface area (Å²) in [5, 5.41) is 9.74. The Morgan fingerprint density at radius 2 is 0.570 bits per heavy atom. The molecule has 0 aromatic rings. The van der Waals surface area contributed by atoms with E-state index in [-0.39, 0.29) is 38.2 Å². The van der Waals surface area contributed by atoms with Crippen molar-refractivity contribution in [2.45, 2.75) is 386 Å². The summed E-state index contributed by atoms with van der Waals surface area (Å²) in [6, 6.07) is 0. The van der Waals surface area contributed by atoms with Gasteiger partial charge in [-0.3, -0.25) is 9.59 Å². The van der Waals surface area contributed by atoms with Crippen molar-refractivity contribution in [3.05, 3.63) is 0 Å². The minimum atomic E-state index is -1.50. The van der Waals surface area contributed by atoms with E-state index in [2.05, 4.69) is 13.8 Å². The number of hydrogen-bond donors (Lipinski definition) is 1. The van der Waals surface area contributed by atoms with E-state index in [1.54, 1.807) is 0 Å². The molecule has 0 aliphatic heterocycles. The maximum Gasteiger partial charge on any atom is 0.361 e. The molecule has 0 heterocycles. The number of nitrogens with zero attached hydrogens (tertiary/aromatic N) is 1. The number of carboxylic acids is 1. The molecule has 0 aliphatic carbocycles. The lowest BCUT2D eigenvalue weighted by molar-refractivity contribution is -0.870.